The average Bonchev–Trinajstić information content (AvgIpc) is 2.33. The molecular formula is C6H8N2O2. The Kier molecular flexibility index (Phi) is 1.71. The molecule has 0 unspecified atom stereocenters. The number of rotatable bonds is 2. The second-order valence-corrected chi connectivity index (χ2v) is 1.82. The number of carbonyl (C=O) groups excluding carboxylic acids is 1. The highest BCUT2D eigenvalue weighted by Gasteiger charge is 2.05. The lowest BCUT2D eigenvalue weighted by Gasteiger charge is -2.00. The van der Waals surface area contributed by atoms with E-state index in [1.165, 1.54) is 25.0 Å². The van der Waals surface area contributed by atoms with Crippen molar-refractivity contribution < 1.29 is 9.63 Å². The number of hydrogen-bond donors (Lipinski definition) is 0. The van der Waals surface area contributed by atoms with Gasteiger partial charge in [0.1, 0.15) is 7.11 Å². The molecule has 0 radical (unpaired) electrons. The largest absolute Gasteiger partial charge is 0.415 e. The molecule has 0 fully saturated rings. The Balaban J connectivity index is 3.01. The number of nitrogens with zero attached hydrogens (tertiary/aromatic N) is 2. The lowest BCUT2D eigenvalue weighted by atomic mass is 10.4. The molecule has 1 heterocycles. The van der Waals surface area contributed by atoms with Gasteiger partial charge in [-0.2, -0.15) is 4.73 Å². The maximum absolute atomic E-state index is 10.7. The molecule has 4 heteroatoms. The number of ketones is 1. The first-order valence-electron chi connectivity index (χ1n) is 2.84. The van der Waals surface area contributed by atoms with Gasteiger partial charge in [0, 0.05) is 13.1 Å². The van der Waals surface area contributed by atoms with Gasteiger partial charge in [-0.3, -0.25) is 4.79 Å². The van der Waals surface area contributed by atoms with E-state index in [0.29, 0.717) is 5.82 Å². The summed E-state index contributed by atoms with van der Waals surface area (Å²) in [6, 6.07) is 0. The minimum atomic E-state index is -0.105. The van der Waals surface area contributed by atoms with E-state index >= 15 is 0 Å². The topological polar surface area (TPSA) is 44.1 Å². The van der Waals surface area contributed by atoms with Crippen LogP contribution in [-0.2, 0) is 0 Å². The van der Waals surface area contributed by atoms with E-state index in [1.54, 1.807) is 6.20 Å². The molecule has 10 heavy (non-hydrogen) atoms. The van der Waals surface area contributed by atoms with Crippen LogP contribution < -0.4 is 4.84 Å². The molecule has 0 aliphatic carbocycles. The van der Waals surface area contributed by atoms with Gasteiger partial charge in [-0.15, -0.1) is 0 Å². The van der Waals surface area contributed by atoms with Crippen LogP contribution in [0, 0.1) is 0 Å². The zero-order valence-electron chi connectivity index (χ0n) is 5.87. The molecule has 0 saturated carbocycles. The predicted octanol–water partition coefficient (Wildman–Crippen LogP) is 0.144. The van der Waals surface area contributed by atoms with Crippen LogP contribution in [0.3, 0.4) is 0 Å². The lowest BCUT2D eigenvalue weighted by molar-refractivity contribution is 0.0946. The molecule has 1 aromatic heterocycles. The van der Waals surface area contributed by atoms with Crippen LogP contribution in [0.4, 0.5) is 0 Å². The summed E-state index contributed by atoms with van der Waals surface area (Å²) in [5.74, 6) is 0.217. The van der Waals surface area contributed by atoms with E-state index in [-0.39, 0.29) is 5.78 Å². The Hall–Kier alpha value is -1.32. The van der Waals surface area contributed by atoms with Gasteiger partial charge in [0.25, 0.3) is 0 Å². The number of Topliss-reactive ketones (excluding diaryl/α,β-unsaturated/α-hetero) is 1. The Labute approximate surface area is 58.4 Å². The van der Waals surface area contributed by atoms with Crippen molar-refractivity contribution in [1.82, 2.24) is 9.71 Å². The maximum atomic E-state index is 10.7. The molecule has 54 valence electrons. The molecule has 0 amide bonds. The normalized spacial score (nSPS) is 9.40. The van der Waals surface area contributed by atoms with Crippen molar-refractivity contribution in [1.29, 1.82) is 0 Å². The molecular weight excluding hydrogens is 132 g/mol. The van der Waals surface area contributed by atoms with Crippen molar-refractivity contribution in [3.05, 3.63) is 18.2 Å². The van der Waals surface area contributed by atoms with E-state index in [0.717, 1.165) is 0 Å². The van der Waals surface area contributed by atoms with Crippen molar-refractivity contribution in [2.75, 3.05) is 7.11 Å². The Morgan fingerprint density at radius 3 is 2.90 bits per heavy atom. The fourth-order valence-electron chi connectivity index (χ4n) is 0.685. The summed E-state index contributed by atoms with van der Waals surface area (Å²) in [4.78, 5) is 19.3. The third-order valence-corrected chi connectivity index (χ3v) is 1.12. The number of aromatic nitrogens is 2. The van der Waals surface area contributed by atoms with Crippen molar-refractivity contribution in [3.8, 4) is 0 Å². The van der Waals surface area contributed by atoms with Crippen LogP contribution in [0.15, 0.2) is 12.4 Å². The second-order valence-electron chi connectivity index (χ2n) is 1.82. The summed E-state index contributed by atoms with van der Waals surface area (Å²) >= 11 is 0. The first-order chi connectivity index (χ1) is 4.75. The molecule has 4 nitrogen and oxygen atoms in total. The van der Waals surface area contributed by atoms with Gasteiger partial charge in [-0.25, -0.2) is 4.98 Å². The minimum Gasteiger partial charge on any atom is -0.415 e. The zero-order chi connectivity index (χ0) is 7.56. The summed E-state index contributed by atoms with van der Waals surface area (Å²) in [5, 5.41) is 0. The second kappa shape index (κ2) is 2.51. The van der Waals surface area contributed by atoms with Gasteiger partial charge in [-0.05, 0) is 0 Å². The molecule has 0 aliphatic rings. The van der Waals surface area contributed by atoms with E-state index in [9.17, 15) is 4.79 Å². The third-order valence-electron chi connectivity index (χ3n) is 1.12. The van der Waals surface area contributed by atoms with Crippen LogP contribution >= 0.6 is 0 Å². The summed E-state index contributed by atoms with van der Waals surface area (Å²) in [7, 11) is 1.48. The maximum Gasteiger partial charge on any atom is 0.211 e. The smallest absolute Gasteiger partial charge is 0.211 e. The SMILES string of the molecule is COn1ccnc1C(C)=O. The standard InChI is InChI=1S/C6H8N2O2/c1-5(9)6-7-3-4-8(6)10-2/h3-4H,1-2H3. The molecule has 0 spiro atoms. The van der Waals surface area contributed by atoms with Crippen molar-refractivity contribution >= 4 is 5.78 Å². The predicted molar refractivity (Wildman–Crippen MR) is 34.7 cm³/mol. The Morgan fingerprint density at radius 2 is 2.50 bits per heavy atom. The quantitative estimate of drug-likeness (QED) is 0.549. The first-order valence-corrected chi connectivity index (χ1v) is 2.84. The van der Waals surface area contributed by atoms with Crippen molar-refractivity contribution in [2.24, 2.45) is 0 Å². The highest BCUT2D eigenvalue weighted by atomic mass is 16.6. The van der Waals surface area contributed by atoms with Gasteiger partial charge in [0.2, 0.25) is 5.82 Å². The van der Waals surface area contributed by atoms with Crippen LogP contribution in [0.1, 0.15) is 17.5 Å². The van der Waals surface area contributed by atoms with Crippen molar-refractivity contribution in [2.45, 2.75) is 6.92 Å². The molecule has 0 saturated heterocycles. The fraction of sp³-hybridized carbons (Fsp3) is 0.333. The summed E-state index contributed by atoms with van der Waals surface area (Å²) in [5.41, 5.74) is 0. The first kappa shape index (κ1) is 6.80. The van der Waals surface area contributed by atoms with Crippen LogP contribution in [-0.4, -0.2) is 22.6 Å². The molecule has 0 bridgehead atoms. The Bertz CT molecular complexity index is 242. The number of imidazole rings is 1. The van der Waals surface area contributed by atoms with Crippen LogP contribution in [0.2, 0.25) is 0 Å². The zero-order valence-corrected chi connectivity index (χ0v) is 5.87. The molecule has 1 aromatic rings. The Morgan fingerprint density at radius 1 is 1.80 bits per heavy atom. The number of carbonyl (C=O) groups is 1. The summed E-state index contributed by atoms with van der Waals surface area (Å²) in [6.07, 6.45) is 3.09. The highest BCUT2D eigenvalue weighted by Crippen LogP contribution is 1.94. The summed E-state index contributed by atoms with van der Waals surface area (Å²) in [6.45, 7) is 1.44. The van der Waals surface area contributed by atoms with Gasteiger partial charge >= 0.3 is 0 Å². The van der Waals surface area contributed by atoms with Gasteiger partial charge < -0.3 is 4.84 Å². The van der Waals surface area contributed by atoms with Crippen molar-refractivity contribution in [3.63, 3.8) is 0 Å². The van der Waals surface area contributed by atoms with Gasteiger partial charge in [-0.1, -0.05) is 0 Å². The van der Waals surface area contributed by atoms with E-state index in [2.05, 4.69) is 4.98 Å². The molecule has 0 aromatic carbocycles. The third kappa shape index (κ3) is 1.00. The number of hydrogen-bond acceptors (Lipinski definition) is 3. The highest BCUT2D eigenvalue weighted by molar-refractivity contribution is 5.90. The van der Waals surface area contributed by atoms with Gasteiger partial charge in [0.15, 0.2) is 5.78 Å². The summed E-state index contributed by atoms with van der Waals surface area (Å²) < 4.78 is 1.32. The lowest BCUT2D eigenvalue weighted by Crippen LogP contribution is -2.12. The van der Waals surface area contributed by atoms with Crippen LogP contribution in [0.25, 0.3) is 0 Å². The minimum absolute atomic E-state index is 0.105. The molecule has 0 atom stereocenters. The van der Waals surface area contributed by atoms with E-state index in [4.69, 9.17) is 4.84 Å². The van der Waals surface area contributed by atoms with Crippen LogP contribution in [0.5, 0.6) is 0 Å². The van der Waals surface area contributed by atoms with Gasteiger partial charge in [0.05, 0.1) is 6.20 Å². The van der Waals surface area contributed by atoms with E-state index in [1.807, 2.05) is 0 Å². The average molecular weight is 140 g/mol. The monoisotopic (exact) mass is 140 g/mol. The van der Waals surface area contributed by atoms with E-state index < -0.39 is 0 Å². The molecule has 1 rings (SSSR count). The fourth-order valence-corrected chi connectivity index (χ4v) is 0.685. The molecule has 0 aliphatic heterocycles. The molecule has 0 N–H and O–H groups in total.